The topological polar surface area (TPSA) is 50.4 Å². The normalized spacial score (nSPS) is 9.95. The quantitative estimate of drug-likeness (QED) is 0.772. The molecule has 0 saturated heterocycles. The summed E-state index contributed by atoms with van der Waals surface area (Å²) in [7, 11) is 1.83. The first-order chi connectivity index (χ1) is 9.81. The van der Waals surface area contributed by atoms with Crippen LogP contribution in [0.1, 0.15) is 6.42 Å². The largest absolute Gasteiger partial charge is 0.491 e. The van der Waals surface area contributed by atoms with E-state index < -0.39 is 0 Å². The van der Waals surface area contributed by atoms with Crippen LogP contribution < -0.4 is 15.4 Å². The molecule has 0 aliphatic heterocycles. The van der Waals surface area contributed by atoms with Gasteiger partial charge < -0.3 is 15.4 Å². The number of carbonyl (C=O) groups excluding carboxylic acids is 1. The molecule has 0 heterocycles. The van der Waals surface area contributed by atoms with Crippen molar-refractivity contribution in [3.05, 3.63) is 42.5 Å². The third kappa shape index (κ3) is 5.25. The van der Waals surface area contributed by atoms with Crippen LogP contribution in [0.3, 0.4) is 0 Å². The number of hydrogen-bond donors (Lipinski definition) is 2. The van der Waals surface area contributed by atoms with Crippen LogP contribution in [0.5, 0.6) is 5.75 Å². The first-order valence-electron chi connectivity index (χ1n) is 6.83. The van der Waals surface area contributed by atoms with E-state index in [-0.39, 0.29) is 18.3 Å². The molecular weight excluding hydrogens is 288 g/mol. The summed E-state index contributed by atoms with van der Waals surface area (Å²) >= 11 is 0. The zero-order valence-electron chi connectivity index (χ0n) is 12.1. The summed E-state index contributed by atoms with van der Waals surface area (Å²) in [5.41, 5.74) is 0. The Bertz CT molecular complexity index is 570. The molecule has 0 radical (unpaired) electrons. The number of hydrogen-bond acceptors (Lipinski definition) is 3. The summed E-state index contributed by atoms with van der Waals surface area (Å²) in [6, 6.07) is 14.1. The Kier molecular flexibility index (Phi) is 7.58. The van der Waals surface area contributed by atoms with Crippen molar-refractivity contribution in [2.24, 2.45) is 0 Å². The predicted molar refractivity (Wildman–Crippen MR) is 88.2 cm³/mol. The van der Waals surface area contributed by atoms with Gasteiger partial charge in [-0.2, -0.15) is 0 Å². The van der Waals surface area contributed by atoms with Gasteiger partial charge in [-0.15, -0.1) is 12.4 Å². The Morgan fingerprint density at radius 2 is 1.86 bits per heavy atom. The van der Waals surface area contributed by atoms with E-state index in [9.17, 15) is 4.79 Å². The molecule has 1 amide bonds. The zero-order valence-corrected chi connectivity index (χ0v) is 12.9. The lowest BCUT2D eigenvalue weighted by molar-refractivity contribution is -0.121. The molecule has 2 aromatic rings. The number of fused-ring (bicyclic) bond motifs is 1. The van der Waals surface area contributed by atoms with Gasteiger partial charge >= 0.3 is 0 Å². The van der Waals surface area contributed by atoms with Crippen LogP contribution in [0, 0.1) is 0 Å². The van der Waals surface area contributed by atoms with Gasteiger partial charge in [0.25, 0.3) is 0 Å². The van der Waals surface area contributed by atoms with Crippen LogP contribution >= 0.6 is 12.4 Å². The number of halogens is 1. The number of rotatable bonds is 7. The third-order valence-electron chi connectivity index (χ3n) is 3.03. The predicted octanol–water partition coefficient (Wildman–Crippen LogP) is 2.37. The fraction of sp³-hybridized carbons (Fsp3) is 0.312. The smallest absolute Gasteiger partial charge is 0.221 e. The molecule has 0 bridgehead atoms. The first-order valence-corrected chi connectivity index (χ1v) is 6.83. The number of carbonyl (C=O) groups is 1. The molecule has 0 saturated carbocycles. The maximum Gasteiger partial charge on any atom is 0.221 e. The second-order valence-corrected chi connectivity index (χ2v) is 4.53. The van der Waals surface area contributed by atoms with Crippen LogP contribution in [-0.4, -0.2) is 32.7 Å². The minimum absolute atomic E-state index is 0. The molecular formula is C16H21ClN2O2. The standard InChI is InChI=1S/C16H20N2O2.ClH/c1-17-10-9-16(19)18-11-12-20-15-8-4-6-13-5-2-3-7-14(13)15;/h2-8,17H,9-12H2,1H3,(H,18,19);1H. The summed E-state index contributed by atoms with van der Waals surface area (Å²) in [5, 5.41) is 8.02. The van der Waals surface area contributed by atoms with Crippen molar-refractivity contribution in [1.82, 2.24) is 10.6 Å². The lowest BCUT2D eigenvalue weighted by Crippen LogP contribution is -2.30. The molecule has 5 heteroatoms. The molecule has 0 aromatic heterocycles. The fourth-order valence-corrected chi connectivity index (χ4v) is 2.00. The van der Waals surface area contributed by atoms with Gasteiger partial charge in [0, 0.05) is 18.4 Å². The number of amides is 1. The molecule has 0 spiro atoms. The van der Waals surface area contributed by atoms with Gasteiger partial charge in [-0.1, -0.05) is 36.4 Å². The Balaban J connectivity index is 0.00000220. The SMILES string of the molecule is CNCCC(=O)NCCOc1cccc2ccccc12.Cl. The van der Waals surface area contributed by atoms with Crippen LogP contribution in [0.15, 0.2) is 42.5 Å². The van der Waals surface area contributed by atoms with Gasteiger partial charge in [-0.25, -0.2) is 0 Å². The molecule has 4 nitrogen and oxygen atoms in total. The summed E-state index contributed by atoms with van der Waals surface area (Å²) in [5.74, 6) is 0.897. The van der Waals surface area contributed by atoms with E-state index in [0.29, 0.717) is 26.1 Å². The van der Waals surface area contributed by atoms with Crippen LogP contribution in [0.4, 0.5) is 0 Å². The lowest BCUT2D eigenvalue weighted by atomic mass is 10.1. The van der Waals surface area contributed by atoms with Crippen molar-refractivity contribution in [3.63, 3.8) is 0 Å². The second-order valence-electron chi connectivity index (χ2n) is 4.53. The first kappa shape index (κ1) is 17.3. The van der Waals surface area contributed by atoms with Crippen molar-refractivity contribution in [3.8, 4) is 5.75 Å². The summed E-state index contributed by atoms with van der Waals surface area (Å²) in [6.07, 6.45) is 0.491. The highest BCUT2D eigenvalue weighted by Gasteiger charge is 2.02. The van der Waals surface area contributed by atoms with E-state index in [2.05, 4.69) is 22.8 Å². The Labute approximate surface area is 131 Å². The van der Waals surface area contributed by atoms with Gasteiger partial charge in [-0.3, -0.25) is 4.79 Å². The molecule has 0 aliphatic rings. The molecule has 0 atom stereocenters. The van der Waals surface area contributed by atoms with E-state index in [0.717, 1.165) is 16.5 Å². The molecule has 0 unspecified atom stereocenters. The fourth-order valence-electron chi connectivity index (χ4n) is 2.00. The second kappa shape index (κ2) is 9.21. The Morgan fingerprint density at radius 3 is 2.67 bits per heavy atom. The molecule has 0 aliphatic carbocycles. The minimum Gasteiger partial charge on any atom is -0.491 e. The van der Waals surface area contributed by atoms with E-state index in [1.165, 1.54) is 0 Å². The summed E-state index contributed by atoms with van der Waals surface area (Å²) in [6.45, 7) is 1.68. The minimum atomic E-state index is 0. The highest BCUT2D eigenvalue weighted by molar-refractivity contribution is 5.88. The van der Waals surface area contributed by atoms with Crippen molar-refractivity contribution in [2.45, 2.75) is 6.42 Å². The molecule has 0 fully saturated rings. The highest BCUT2D eigenvalue weighted by atomic mass is 35.5. The summed E-state index contributed by atoms with van der Waals surface area (Å²) in [4.78, 5) is 11.4. The van der Waals surface area contributed by atoms with Crippen LogP contribution in [0.25, 0.3) is 10.8 Å². The van der Waals surface area contributed by atoms with E-state index in [1.54, 1.807) is 0 Å². The van der Waals surface area contributed by atoms with Gasteiger partial charge in [-0.05, 0) is 18.5 Å². The van der Waals surface area contributed by atoms with E-state index >= 15 is 0 Å². The maximum atomic E-state index is 11.4. The molecule has 114 valence electrons. The van der Waals surface area contributed by atoms with Gasteiger partial charge in [0.1, 0.15) is 12.4 Å². The van der Waals surface area contributed by atoms with Crippen molar-refractivity contribution >= 4 is 29.1 Å². The van der Waals surface area contributed by atoms with Crippen molar-refractivity contribution in [1.29, 1.82) is 0 Å². The average molecular weight is 309 g/mol. The highest BCUT2D eigenvalue weighted by Crippen LogP contribution is 2.24. The molecule has 2 N–H and O–H groups in total. The average Bonchev–Trinajstić information content (AvgIpc) is 2.49. The van der Waals surface area contributed by atoms with Gasteiger partial charge in [0.05, 0.1) is 6.54 Å². The number of nitrogens with one attached hydrogen (secondary N) is 2. The van der Waals surface area contributed by atoms with Crippen molar-refractivity contribution in [2.75, 3.05) is 26.7 Å². The van der Waals surface area contributed by atoms with Crippen LogP contribution in [-0.2, 0) is 4.79 Å². The molecule has 2 aromatic carbocycles. The monoisotopic (exact) mass is 308 g/mol. The number of ether oxygens (including phenoxy) is 1. The Hall–Kier alpha value is -1.78. The number of benzene rings is 2. The summed E-state index contributed by atoms with van der Waals surface area (Å²) < 4.78 is 5.74. The lowest BCUT2D eigenvalue weighted by Gasteiger charge is -2.10. The van der Waals surface area contributed by atoms with Crippen molar-refractivity contribution < 1.29 is 9.53 Å². The van der Waals surface area contributed by atoms with Gasteiger partial charge in [0.2, 0.25) is 5.91 Å². The maximum absolute atomic E-state index is 11.4. The third-order valence-corrected chi connectivity index (χ3v) is 3.03. The van der Waals surface area contributed by atoms with Gasteiger partial charge in [0.15, 0.2) is 0 Å². The Morgan fingerprint density at radius 1 is 1.10 bits per heavy atom. The van der Waals surface area contributed by atoms with E-state index in [1.807, 2.05) is 37.4 Å². The van der Waals surface area contributed by atoms with Crippen LogP contribution in [0.2, 0.25) is 0 Å². The molecule has 21 heavy (non-hydrogen) atoms. The van der Waals surface area contributed by atoms with E-state index in [4.69, 9.17) is 4.74 Å². The zero-order chi connectivity index (χ0) is 14.2. The molecule has 2 rings (SSSR count).